The number of nitrogens with zero attached hydrogens (tertiary/aromatic N) is 1. The monoisotopic (exact) mass is 280 g/mol. The van der Waals surface area contributed by atoms with E-state index >= 15 is 0 Å². The van der Waals surface area contributed by atoms with Crippen LogP contribution in [0.2, 0.25) is 0 Å². The molecule has 2 aliphatic rings. The van der Waals surface area contributed by atoms with Crippen molar-refractivity contribution in [3.63, 3.8) is 0 Å². The first-order valence-corrected chi connectivity index (χ1v) is 8.52. The molecule has 2 aliphatic carbocycles. The van der Waals surface area contributed by atoms with Gasteiger partial charge in [0.25, 0.3) is 0 Å². The normalized spacial score (nSPS) is 26.9. The van der Waals surface area contributed by atoms with E-state index in [-0.39, 0.29) is 0 Å². The molecule has 1 heterocycles. The highest BCUT2D eigenvalue weighted by molar-refractivity contribution is 7.67. The minimum absolute atomic E-state index is 0.402. The molecule has 0 saturated carbocycles. The van der Waals surface area contributed by atoms with Gasteiger partial charge in [0.2, 0.25) is 5.44 Å². The molecule has 0 fully saturated rings. The zero-order valence-corrected chi connectivity index (χ0v) is 12.6. The fourth-order valence-corrected chi connectivity index (χ4v) is 5.48. The van der Waals surface area contributed by atoms with Gasteiger partial charge in [-0.3, -0.25) is 0 Å². The standard InChI is InChI=1S/C18H19NP/c1-15-9-5-6-12-17(15)20(16-10-3-2-4-11-16)18-13-7-8-14-19-18/h2-10,12-16H,11H2,1H3/q+1/t15-,16-/m1/s1. The molecular weight excluding hydrogens is 261 g/mol. The lowest BCUT2D eigenvalue weighted by Crippen LogP contribution is -2.19. The van der Waals surface area contributed by atoms with Gasteiger partial charge in [-0.2, -0.15) is 0 Å². The van der Waals surface area contributed by atoms with Crippen molar-refractivity contribution in [2.45, 2.75) is 19.0 Å². The highest BCUT2D eigenvalue weighted by Gasteiger charge is 2.32. The molecule has 0 aromatic carbocycles. The van der Waals surface area contributed by atoms with Crippen molar-refractivity contribution in [3.8, 4) is 0 Å². The lowest BCUT2D eigenvalue weighted by molar-refractivity contribution is 1.01. The molecule has 0 radical (unpaired) electrons. The highest BCUT2D eigenvalue weighted by atomic mass is 31.1. The van der Waals surface area contributed by atoms with Crippen LogP contribution < -0.4 is 5.44 Å². The molecule has 100 valence electrons. The molecule has 1 aromatic rings. The van der Waals surface area contributed by atoms with Crippen LogP contribution in [0.5, 0.6) is 0 Å². The molecule has 0 aliphatic heterocycles. The average molecular weight is 280 g/mol. The van der Waals surface area contributed by atoms with Gasteiger partial charge < -0.3 is 0 Å². The molecule has 0 amide bonds. The minimum atomic E-state index is -0.402. The Labute approximate surface area is 121 Å². The number of aromatic nitrogens is 1. The van der Waals surface area contributed by atoms with Crippen LogP contribution in [0.3, 0.4) is 0 Å². The second-order valence-electron chi connectivity index (χ2n) is 5.13. The molecular formula is C18H19NP+. The third-order valence-electron chi connectivity index (χ3n) is 3.71. The summed E-state index contributed by atoms with van der Waals surface area (Å²) in [4.78, 5) is 4.66. The topological polar surface area (TPSA) is 12.9 Å². The fraction of sp³-hybridized carbons (Fsp3) is 0.222. The SMILES string of the molecule is C[C@@H]1C=CC=CC1=[P+](c1ccccn1)[C@@H]1C=CC=CC1. The summed E-state index contributed by atoms with van der Waals surface area (Å²) in [6.07, 6.45) is 20.9. The zero-order chi connectivity index (χ0) is 13.8. The van der Waals surface area contributed by atoms with Crippen molar-refractivity contribution in [1.29, 1.82) is 0 Å². The van der Waals surface area contributed by atoms with E-state index in [2.05, 4.69) is 72.6 Å². The van der Waals surface area contributed by atoms with Crippen LogP contribution >= 0.6 is 7.55 Å². The van der Waals surface area contributed by atoms with Gasteiger partial charge in [-0.15, -0.1) is 0 Å². The number of rotatable bonds is 2. The lowest BCUT2D eigenvalue weighted by Gasteiger charge is -2.14. The summed E-state index contributed by atoms with van der Waals surface area (Å²) >= 11 is 0. The summed E-state index contributed by atoms with van der Waals surface area (Å²) in [5.41, 5.74) is 1.81. The van der Waals surface area contributed by atoms with Crippen LogP contribution in [0.4, 0.5) is 0 Å². The van der Waals surface area contributed by atoms with Crippen LogP contribution in [-0.2, 0) is 0 Å². The van der Waals surface area contributed by atoms with Crippen LogP contribution in [0.15, 0.2) is 73.0 Å². The minimum Gasteiger partial charge on any atom is -0.216 e. The second-order valence-corrected chi connectivity index (χ2v) is 7.51. The van der Waals surface area contributed by atoms with Gasteiger partial charge in [-0.05, 0) is 18.2 Å². The summed E-state index contributed by atoms with van der Waals surface area (Å²) in [5, 5.41) is 1.53. The largest absolute Gasteiger partial charge is 0.239 e. The molecule has 20 heavy (non-hydrogen) atoms. The first-order chi connectivity index (χ1) is 9.86. The summed E-state index contributed by atoms with van der Waals surface area (Å²) in [6.45, 7) is 2.29. The van der Waals surface area contributed by atoms with E-state index in [0.29, 0.717) is 11.6 Å². The Morgan fingerprint density at radius 3 is 2.70 bits per heavy atom. The predicted octanol–water partition coefficient (Wildman–Crippen LogP) is 4.01. The van der Waals surface area contributed by atoms with Crippen molar-refractivity contribution < 1.29 is 0 Å². The number of allylic oxidation sites excluding steroid dienone is 8. The van der Waals surface area contributed by atoms with Gasteiger partial charge in [0.15, 0.2) is 7.55 Å². The van der Waals surface area contributed by atoms with E-state index in [1.165, 1.54) is 10.7 Å². The second kappa shape index (κ2) is 6.15. The molecule has 1 unspecified atom stereocenters. The third-order valence-corrected chi connectivity index (χ3v) is 6.63. The Kier molecular flexibility index (Phi) is 4.08. The maximum absolute atomic E-state index is 4.66. The van der Waals surface area contributed by atoms with Crippen molar-refractivity contribution >= 4 is 18.3 Å². The van der Waals surface area contributed by atoms with E-state index in [4.69, 9.17) is 0 Å². The van der Waals surface area contributed by atoms with Gasteiger partial charge >= 0.3 is 0 Å². The molecule has 3 atom stereocenters. The lowest BCUT2D eigenvalue weighted by atomic mass is 10.0. The van der Waals surface area contributed by atoms with Crippen molar-refractivity contribution in [2.24, 2.45) is 5.92 Å². The Balaban J connectivity index is 2.11. The van der Waals surface area contributed by atoms with E-state index in [9.17, 15) is 0 Å². The molecule has 0 bridgehead atoms. The molecule has 0 saturated heterocycles. The van der Waals surface area contributed by atoms with E-state index in [1.54, 1.807) is 0 Å². The van der Waals surface area contributed by atoms with E-state index < -0.39 is 7.55 Å². The van der Waals surface area contributed by atoms with E-state index in [0.717, 1.165) is 6.42 Å². The highest BCUT2D eigenvalue weighted by Crippen LogP contribution is 2.38. The summed E-state index contributed by atoms with van der Waals surface area (Å²) < 4.78 is 0. The van der Waals surface area contributed by atoms with Gasteiger partial charge in [-0.25, -0.2) is 4.98 Å². The average Bonchev–Trinajstić information content (AvgIpc) is 2.52. The van der Waals surface area contributed by atoms with Crippen LogP contribution in [0.1, 0.15) is 13.3 Å². The molecule has 2 heteroatoms. The Bertz CT molecular complexity index is 620. The number of pyridine rings is 1. The third kappa shape index (κ3) is 2.73. The van der Waals surface area contributed by atoms with Crippen LogP contribution in [-0.4, -0.2) is 15.9 Å². The summed E-state index contributed by atoms with van der Waals surface area (Å²) in [7, 11) is -0.402. The fourth-order valence-electron chi connectivity index (χ4n) is 2.68. The van der Waals surface area contributed by atoms with Gasteiger partial charge in [0.1, 0.15) is 11.0 Å². The Morgan fingerprint density at radius 2 is 2.00 bits per heavy atom. The smallest absolute Gasteiger partial charge is 0.216 e. The summed E-state index contributed by atoms with van der Waals surface area (Å²) in [6, 6.07) is 6.29. The first-order valence-electron chi connectivity index (χ1n) is 7.11. The molecule has 1 nitrogen and oxygen atoms in total. The maximum atomic E-state index is 4.66. The predicted molar refractivity (Wildman–Crippen MR) is 89.9 cm³/mol. The molecule has 3 rings (SSSR count). The van der Waals surface area contributed by atoms with Crippen LogP contribution in [0, 0.1) is 5.92 Å². The molecule has 0 spiro atoms. The van der Waals surface area contributed by atoms with E-state index in [1.807, 2.05) is 12.3 Å². The first kappa shape index (κ1) is 13.3. The number of hydrogen-bond acceptors (Lipinski definition) is 1. The zero-order valence-electron chi connectivity index (χ0n) is 11.7. The molecule has 1 aromatic heterocycles. The Hall–Kier alpha value is -1.72. The number of hydrogen-bond donors (Lipinski definition) is 0. The van der Waals surface area contributed by atoms with Crippen molar-refractivity contribution in [3.05, 3.63) is 73.0 Å². The summed E-state index contributed by atoms with van der Waals surface area (Å²) in [5.74, 6) is 0.507. The van der Waals surface area contributed by atoms with Gasteiger partial charge in [0, 0.05) is 24.6 Å². The quantitative estimate of drug-likeness (QED) is 0.746. The molecule has 0 N–H and O–H groups in total. The van der Waals surface area contributed by atoms with Crippen molar-refractivity contribution in [1.82, 2.24) is 4.98 Å². The van der Waals surface area contributed by atoms with Crippen molar-refractivity contribution in [2.75, 3.05) is 0 Å². The van der Waals surface area contributed by atoms with Gasteiger partial charge in [-0.1, -0.05) is 49.4 Å². The van der Waals surface area contributed by atoms with Gasteiger partial charge in [0.05, 0.1) is 0 Å². The van der Waals surface area contributed by atoms with Crippen LogP contribution in [0.25, 0.3) is 0 Å². The Morgan fingerprint density at radius 1 is 1.10 bits per heavy atom. The maximum Gasteiger partial charge on any atom is 0.239 e.